The number of aromatic nitrogens is 3. The van der Waals surface area contributed by atoms with Crippen LogP contribution in [0.5, 0.6) is 0 Å². The van der Waals surface area contributed by atoms with E-state index in [1.54, 1.807) is 11.8 Å². The third-order valence-electron chi connectivity index (χ3n) is 3.30. The molecule has 0 saturated heterocycles. The zero-order chi connectivity index (χ0) is 12.8. The summed E-state index contributed by atoms with van der Waals surface area (Å²) in [5, 5.41) is 20.9. The van der Waals surface area contributed by atoms with E-state index in [1.807, 2.05) is 0 Å². The van der Waals surface area contributed by atoms with Crippen molar-refractivity contribution in [2.45, 2.75) is 55.0 Å². The van der Waals surface area contributed by atoms with Gasteiger partial charge in [0.15, 0.2) is 5.16 Å². The molecule has 2 N–H and O–H groups in total. The number of hydrogen-bond donors (Lipinski definition) is 2. The first-order valence-corrected chi connectivity index (χ1v) is 7.34. The normalized spacial score (nSPS) is 27.9. The van der Waals surface area contributed by atoms with Crippen LogP contribution >= 0.6 is 11.8 Å². The van der Waals surface area contributed by atoms with Crippen LogP contribution in [0.1, 0.15) is 39.0 Å². The van der Waals surface area contributed by atoms with Gasteiger partial charge in [0.1, 0.15) is 11.9 Å². The van der Waals surface area contributed by atoms with Crippen LogP contribution in [0.15, 0.2) is 11.5 Å². The minimum atomic E-state index is -0.341. The molecule has 18 heavy (non-hydrogen) atoms. The molecular weight excluding hydrogens is 246 g/mol. The smallest absolute Gasteiger partial charge is 0.183 e. The van der Waals surface area contributed by atoms with Crippen molar-refractivity contribution >= 4 is 11.8 Å². The number of thioether (sulfide) groups is 1. The lowest BCUT2D eigenvalue weighted by molar-refractivity contribution is 0.304. The van der Waals surface area contributed by atoms with E-state index in [9.17, 15) is 5.26 Å². The van der Waals surface area contributed by atoms with Crippen molar-refractivity contribution in [3.05, 3.63) is 6.33 Å². The number of rotatable bonds is 5. The molecule has 1 aliphatic rings. The van der Waals surface area contributed by atoms with E-state index in [2.05, 4.69) is 33.5 Å². The first-order chi connectivity index (χ1) is 8.78. The summed E-state index contributed by atoms with van der Waals surface area (Å²) in [4.78, 5) is 4.14. The first-order valence-electron chi connectivity index (χ1n) is 6.46. The van der Waals surface area contributed by atoms with Crippen molar-refractivity contribution in [1.29, 1.82) is 5.26 Å². The molecule has 1 fully saturated rings. The number of nitriles is 1. The molecule has 2 rings (SSSR count). The summed E-state index contributed by atoms with van der Waals surface area (Å²) in [5.41, 5.74) is -0.341. The van der Waals surface area contributed by atoms with Crippen molar-refractivity contribution < 1.29 is 0 Å². The molecule has 6 heteroatoms. The third-order valence-corrected chi connectivity index (χ3v) is 4.46. The van der Waals surface area contributed by atoms with Crippen molar-refractivity contribution in [3.8, 4) is 6.07 Å². The van der Waals surface area contributed by atoms with E-state index in [0.29, 0.717) is 5.25 Å². The highest BCUT2D eigenvalue weighted by Crippen LogP contribution is 2.36. The lowest BCUT2D eigenvalue weighted by Gasteiger charge is -2.35. The molecule has 5 nitrogen and oxygen atoms in total. The van der Waals surface area contributed by atoms with Crippen LogP contribution in [0.4, 0.5) is 0 Å². The van der Waals surface area contributed by atoms with Gasteiger partial charge in [0.2, 0.25) is 0 Å². The third kappa shape index (κ3) is 3.24. The van der Waals surface area contributed by atoms with Gasteiger partial charge in [-0.3, -0.25) is 10.4 Å². The number of H-pyrrole nitrogens is 1. The maximum atomic E-state index is 9.45. The summed E-state index contributed by atoms with van der Waals surface area (Å²) < 4.78 is 0. The molecule has 2 unspecified atom stereocenters. The van der Waals surface area contributed by atoms with E-state index in [-0.39, 0.29) is 5.54 Å². The van der Waals surface area contributed by atoms with Crippen LogP contribution in [-0.2, 0) is 0 Å². The van der Waals surface area contributed by atoms with Gasteiger partial charge in [-0.15, -0.1) is 0 Å². The summed E-state index contributed by atoms with van der Waals surface area (Å²) in [5.74, 6) is 0. The molecule has 2 atom stereocenters. The van der Waals surface area contributed by atoms with Crippen LogP contribution in [0.25, 0.3) is 0 Å². The highest BCUT2D eigenvalue weighted by molar-refractivity contribution is 7.99. The zero-order valence-electron chi connectivity index (χ0n) is 10.6. The molecule has 1 aromatic rings. The highest BCUT2D eigenvalue weighted by Gasteiger charge is 2.36. The molecule has 0 aliphatic heterocycles. The molecule has 1 aliphatic carbocycles. The Labute approximate surface area is 112 Å². The molecule has 0 amide bonds. The molecule has 1 aromatic heterocycles. The maximum absolute atomic E-state index is 9.45. The molecule has 1 saturated carbocycles. The van der Waals surface area contributed by atoms with Gasteiger partial charge in [0.05, 0.1) is 6.07 Å². The summed E-state index contributed by atoms with van der Waals surface area (Å²) in [6, 6.07) is 2.49. The molecule has 98 valence electrons. The summed E-state index contributed by atoms with van der Waals surface area (Å²) >= 11 is 1.70. The Morgan fingerprint density at radius 2 is 2.61 bits per heavy atom. The Hall–Kier alpha value is -1.06. The molecule has 0 radical (unpaired) electrons. The average Bonchev–Trinajstić information content (AvgIpc) is 2.90. The van der Waals surface area contributed by atoms with Crippen LogP contribution in [0.2, 0.25) is 0 Å². The van der Waals surface area contributed by atoms with Crippen LogP contribution in [0, 0.1) is 11.3 Å². The Kier molecular flexibility index (Phi) is 4.61. The van der Waals surface area contributed by atoms with Gasteiger partial charge in [-0.1, -0.05) is 18.7 Å². The second-order valence-corrected chi connectivity index (χ2v) is 6.04. The number of nitrogens with zero attached hydrogens (tertiary/aromatic N) is 3. The summed E-state index contributed by atoms with van der Waals surface area (Å²) in [6.45, 7) is 3.04. The largest absolute Gasteiger partial charge is 0.299 e. The van der Waals surface area contributed by atoms with Gasteiger partial charge >= 0.3 is 0 Å². The Morgan fingerprint density at radius 3 is 3.28 bits per heavy atom. The van der Waals surface area contributed by atoms with E-state index >= 15 is 0 Å². The highest BCUT2D eigenvalue weighted by atomic mass is 32.2. The van der Waals surface area contributed by atoms with Gasteiger partial charge in [-0.25, -0.2) is 4.98 Å². The minimum Gasteiger partial charge on any atom is -0.299 e. The minimum absolute atomic E-state index is 0.341. The first kappa shape index (κ1) is 13.4. The summed E-state index contributed by atoms with van der Waals surface area (Å²) in [6.07, 6.45) is 6.66. The fourth-order valence-corrected chi connectivity index (χ4v) is 3.58. The monoisotopic (exact) mass is 265 g/mol. The second kappa shape index (κ2) is 6.21. The second-order valence-electron chi connectivity index (χ2n) is 4.75. The lowest BCUT2D eigenvalue weighted by Crippen LogP contribution is -2.48. The number of nitrogens with one attached hydrogen (secondary N) is 2. The summed E-state index contributed by atoms with van der Waals surface area (Å²) in [7, 11) is 0. The topological polar surface area (TPSA) is 77.4 Å². The molecule has 0 aromatic carbocycles. The van der Waals surface area contributed by atoms with Gasteiger partial charge in [0, 0.05) is 5.25 Å². The number of hydrogen-bond acceptors (Lipinski definition) is 5. The predicted molar refractivity (Wildman–Crippen MR) is 71.1 cm³/mol. The van der Waals surface area contributed by atoms with Crippen LogP contribution < -0.4 is 5.32 Å². The van der Waals surface area contributed by atoms with E-state index in [4.69, 9.17) is 0 Å². The Balaban J connectivity index is 1.96. The van der Waals surface area contributed by atoms with E-state index < -0.39 is 0 Å². The average molecular weight is 265 g/mol. The molecular formula is C12H19N5S. The maximum Gasteiger partial charge on any atom is 0.183 e. The van der Waals surface area contributed by atoms with E-state index in [0.717, 1.165) is 43.8 Å². The fourth-order valence-electron chi connectivity index (χ4n) is 2.40. The zero-order valence-corrected chi connectivity index (χ0v) is 11.5. The fraction of sp³-hybridized carbons (Fsp3) is 0.750. The number of aromatic amines is 1. The standard InChI is InChI=1S/C12H19N5S/c1-2-6-15-12(8-13)5-3-4-10(7-12)18-11-14-9-16-17-11/h9-10,15H,2-7H2,1H3,(H,14,16,17). The van der Waals surface area contributed by atoms with Crippen LogP contribution in [0.3, 0.4) is 0 Å². The van der Waals surface area contributed by atoms with Gasteiger partial charge in [-0.2, -0.15) is 10.4 Å². The van der Waals surface area contributed by atoms with Crippen LogP contribution in [-0.4, -0.2) is 32.5 Å². The van der Waals surface area contributed by atoms with E-state index in [1.165, 1.54) is 6.33 Å². The van der Waals surface area contributed by atoms with Gasteiger partial charge in [0.25, 0.3) is 0 Å². The van der Waals surface area contributed by atoms with Crippen molar-refractivity contribution in [2.75, 3.05) is 6.54 Å². The van der Waals surface area contributed by atoms with Gasteiger partial charge < -0.3 is 0 Å². The van der Waals surface area contributed by atoms with Crippen molar-refractivity contribution in [1.82, 2.24) is 20.5 Å². The lowest BCUT2D eigenvalue weighted by atomic mass is 9.82. The van der Waals surface area contributed by atoms with Crippen molar-refractivity contribution in [3.63, 3.8) is 0 Å². The quantitative estimate of drug-likeness (QED) is 0.852. The SMILES string of the molecule is CCCNC1(C#N)CCCC(Sc2ncn[nH]2)C1. The van der Waals surface area contributed by atoms with Gasteiger partial charge in [-0.05, 0) is 38.6 Å². The molecule has 0 bridgehead atoms. The predicted octanol–water partition coefficient (Wildman–Crippen LogP) is 2.10. The van der Waals surface area contributed by atoms with Crippen molar-refractivity contribution in [2.24, 2.45) is 0 Å². The Morgan fingerprint density at radius 1 is 1.72 bits per heavy atom. The Bertz CT molecular complexity index is 399. The molecule has 1 heterocycles. The molecule has 0 spiro atoms.